The SMILES string of the molecule is COc1ccccc1-c1cc(-c2cc(CC(=O)O)ccc2OCC(C)C)nn1CC(C)C. The van der Waals surface area contributed by atoms with Crippen molar-refractivity contribution in [3.8, 4) is 34.0 Å². The fraction of sp³-hybridized carbons (Fsp3) is 0.385. The third-order valence-electron chi connectivity index (χ3n) is 4.95. The van der Waals surface area contributed by atoms with Gasteiger partial charge in [0, 0.05) is 17.7 Å². The second-order valence-corrected chi connectivity index (χ2v) is 8.80. The zero-order valence-electron chi connectivity index (χ0n) is 19.5. The number of methoxy groups -OCH3 is 1. The van der Waals surface area contributed by atoms with Gasteiger partial charge in [-0.15, -0.1) is 0 Å². The van der Waals surface area contributed by atoms with Crippen molar-refractivity contribution in [2.75, 3.05) is 13.7 Å². The highest BCUT2D eigenvalue weighted by atomic mass is 16.5. The number of carboxylic acid groups (broad SMARTS) is 1. The molecule has 0 radical (unpaired) electrons. The van der Waals surface area contributed by atoms with Gasteiger partial charge in [-0.05, 0) is 47.7 Å². The molecule has 0 saturated carbocycles. The maximum atomic E-state index is 11.3. The van der Waals surface area contributed by atoms with Gasteiger partial charge < -0.3 is 14.6 Å². The molecule has 170 valence electrons. The number of carbonyl (C=O) groups is 1. The fourth-order valence-corrected chi connectivity index (χ4v) is 3.55. The van der Waals surface area contributed by atoms with E-state index in [0.717, 1.165) is 34.8 Å². The summed E-state index contributed by atoms with van der Waals surface area (Å²) in [6.45, 7) is 9.79. The molecule has 1 N–H and O–H groups in total. The summed E-state index contributed by atoms with van der Waals surface area (Å²) < 4.78 is 13.7. The van der Waals surface area contributed by atoms with Crippen molar-refractivity contribution in [3.63, 3.8) is 0 Å². The second-order valence-electron chi connectivity index (χ2n) is 8.80. The number of hydrogen-bond donors (Lipinski definition) is 1. The second kappa shape index (κ2) is 10.4. The van der Waals surface area contributed by atoms with Crippen molar-refractivity contribution >= 4 is 5.97 Å². The molecule has 0 aliphatic carbocycles. The van der Waals surface area contributed by atoms with E-state index in [4.69, 9.17) is 14.6 Å². The van der Waals surface area contributed by atoms with Gasteiger partial charge in [0.15, 0.2) is 0 Å². The summed E-state index contributed by atoms with van der Waals surface area (Å²) in [5.74, 6) is 1.37. The van der Waals surface area contributed by atoms with E-state index in [1.807, 2.05) is 47.1 Å². The van der Waals surface area contributed by atoms with Crippen molar-refractivity contribution < 1.29 is 19.4 Å². The molecule has 1 heterocycles. The normalized spacial score (nSPS) is 11.2. The van der Waals surface area contributed by atoms with E-state index in [0.29, 0.717) is 29.8 Å². The Morgan fingerprint density at radius 2 is 1.75 bits per heavy atom. The minimum Gasteiger partial charge on any atom is -0.496 e. The van der Waals surface area contributed by atoms with Gasteiger partial charge in [-0.25, -0.2) is 0 Å². The Morgan fingerprint density at radius 3 is 2.41 bits per heavy atom. The first-order chi connectivity index (χ1) is 15.3. The van der Waals surface area contributed by atoms with Crippen LogP contribution < -0.4 is 9.47 Å². The summed E-state index contributed by atoms with van der Waals surface area (Å²) in [7, 11) is 1.66. The average Bonchev–Trinajstić information content (AvgIpc) is 3.14. The Morgan fingerprint density at radius 1 is 1.00 bits per heavy atom. The van der Waals surface area contributed by atoms with Crippen molar-refractivity contribution in [1.29, 1.82) is 0 Å². The Balaban J connectivity index is 2.15. The summed E-state index contributed by atoms with van der Waals surface area (Å²) in [6, 6.07) is 15.4. The van der Waals surface area contributed by atoms with E-state index in [9.17, 15) is 9.90 Å². The van der Waals surface area contributed by atoms with Gasteiger partial charge in [0.05, 0.1) is 31.5 Å². The number of para-hydroxylation sites is 1. The highest BCUT2D eigenvalue weighted by Crippen LogP contribution is 2.36. The summed E-state index contributed by atoms with van der Waals surface area (Å²) in [4.78, 5) is 11.3. The summed E-state index contributed by atoms with van der Waals surface area (Å²) in [5.41, 5.74) is 4.16. The molecular weight excluding hydrogens is 404 g/mol. The molecule has 3 rings (SSSR count). The molecule has 2 aromatic carbocycles. The van der Waals surface area contributed by atoms with Crippen molar-refractivity contribution in [1.82, 2.24) is 9.78 Å². The maximum Gasteiger partial charge on any atom is 0.307 e. The third-order valence-corrected chi connectivity index (χ3v) is 4.95. The van der Waals surface area contributed by atoms with E-state index in [1.54, 1.807) is 13.2 Å². The van der Waals surface area contributed by atoms with Gasteiger partial charge in [-0.1, -0.05) is 45.9 Å². The number of rotatable bonds is 10. The van der Waals surface area contributed by atoms with Gasteiger partial charge in [-0.3, -0.25) is 9.48 Å². The number of carboxylic acids is 1. The van der Waals surface area contributed by atoms with E-state index in [-0.39, 0.29) is 6.42 Å². The molecule has 0 aliphatic rings. The van der Waals surface area contributed by atoms with Gasteiger partial charge in [0.25, 0.3) is 0 Å². The predicted molar refractivity (Wildman–Crippen MR) is 126 cm³/mol. The highest BCUT2D eigenvalue weighted by molar-refractivity contribution is 5.77. The van der Waals surface area contributed by atoms with Crippen LogP contribution in [0.5, 0.6) is 11.5 Å². The fourth-order valence-electron chi connectivity index (χ4n) is 3.55. The number of nitrogens with zero attached hydrogens (tertiary/aromatic N) is 2. The quantitative estimate of drug-likeness (QED) is 0.451. The molecule has 0 bridgehead atoms. The Kier molecular flexibility index (Phi) is 7.57. The largest absolute Gasteiger partial charge is 0.496 e. The van der Waals surface area contributed by atoms with Crippen LogP contribution in [0.4, 0.5) is 0 Å². The summed E-state index contributed by atoms with van der Waals surface area (Å²) >= 11 is 0. The molecule has 6 nitrogen and oxygen atoms in total. The zero-order valence-corrected chi connectivity index (χ0v) is 19.5. The number of benzene rings is 2. The van der Waals surface area contributed by atoms with Crippen LogP contribution in [0, 0.1) is 11.8 Å². The topological polar surface area (TPSA) is 73.6 Å². The van der Waals surface area contributed by atoms with Crippen LogP contribution in [-0.2, 0) is 17.8 Å². The Labute approximate surface area is 189 Å². The van der Waals surface area contributed by atoms with Crippen LogP contribution in [0.2, 0.25) is 0 Å². The van der Waals surface area contributed by atoms with Gasteiger partial charge in [0.2, 0.25) is 0 Å². The Bertz CT molecular complexity index is 1070. The van der Waals surface area contributed by atoms with Gasteiger partial charge in [-0.2, -0.15) is 5.10 Å². The molecule has 0 spiro atoms. The van der Waals surface area contributed by atoms with Crippen LogP contribution in [-0.4, -0.2) is 34.6 Å². The molecule has 0 amide bonds. The monoisotopic (exact) mass is 436 g/mol. The molecule has 0 saturated heterocycles. The minimum absolute atomic E-state index is 0.0521. The zero-order chi connectivity index (χ0) is 23.3. The molecule has 0 unspecified atom stereocenters. The van der Waals surface area contributed by atoms with Crippen LogP contribution >= 0.6 is 0 Å². The van der Waals surface area contributed by atoms with Crippen molar-refractivity contribution in [3.05, 3.63) is 54.1 Å². The predicted octanol–water partition coefficient (Wildman–Crippen LogP) is 5.54. The molecule has 3 aromatic rings. The number of aliphatic carboxylic acids is 1. The van der Waals surface area contributed by atoms with E-state index in [1.165, 1.54) is 0 Å². The smallest absolute Gasteiger partial charge is 0.307 e. The molecular formula is C26H32N2O4. The van der Waals surface area contributed by atoms with Crippen LogP contribution in [0.1, 0.15) is 33.3 Å². The maximum absolute atomic E-state index is 11.3. The van der Waals surface area contributed by atoms with Gasteiger partial charge >= 0.3 is 5.97 Å². The van der Waals surface area contributed by atoms with Gasteiger partial charge in [0.1, 0.15) is 11.5 Å². The molecule has 0 aliphatic heterocycles. The first-order valence-corrected chi connectivity index (χ1v) is 11.0. The summed E-state index contributed by atoms with van der Waals surface area (Å²) in [6.07, 6.45) is -0.0521. The first-order valence-electron chi connectivity index (χ1n) is 11.0. The third kappa shape index (κ3) is 5.69. The van der Waals surface area contributed by atoms with Crippen molar-refractivity contribution in [2.45, 2.75) is 40.7 Å². The molecule has 32 heavy (non-hydrogen) atoms. The van der Waals surface area contributed by atoms with Crippen LogP contribution in [0.25, 0.3) is 22.5 Å². The van der Waals surface area contributed by atoms with E-state index in [2.05, 4.69) is 27.7 Å². The number of ether oxygens (including phenoxy) is 2. The average molecular weight is 437 g/mol. The molecule has 6 heteroatoms. The van der Waals surface area contributed by atoms with Crippen molar-refractivity contribution in [2.24, 2.45) is 11.8 Å². The molecule has 1 aromatic heterocycles. The lowest BCUT2D eigenvalue weighted by Crippen LogP contribution is -2.08. The first kappa shape index (κ1) is 23.4. The van der Waals surface area contributed by atoms with Crippen LogP contribution in [0.15, 0.2) is 48.5 Å². The Hall–Kier alpha value is -3.28. The van der Waals surface area contributed by atoms with E-state index < -0.39 is 5.97 Å². The van der Waals surface area contributed by atoms with E-state index >= 15 is 0 Å². The summed E-state index contributed by atoms with van der Waals surface area (Å²) in [5, 5.41) is 14.2. The lowest BCUT2D eigenvalue weighted by atomic mass is 10.0. The standard InChI is InChI=1S/C26H32N2O4/c1-17(2)15-28-23(20-8-6-7-9-24(20)31-5)14-22(27-28)21-12-19(13-26(29)30)10-11-25(21)32-16-18(3)4/h6-12,14,17-18H,13,15-16H2,1-5H3,(H,29,30). The lowest BCUT2D eigenvalue weighted by molar-refractivity contribution is -0.136. The molecule has 0 fully saturated rings. The molecule has 0 atom stereocenters. The highest BCUT2D eigenvalue weighted by Gasteiger charge is 2.19. The minimum atomic E-state index is -0.869. The van der Waals surface area contributed by atoms with Crippen LogP contribution in [0.3, 0.4) is 0 Å². The number of aromatic nitrogens is 2. The lowest BCUT2D eigenvalue weighted by Gasteiger charge is -2.13. The number of hydrogen-bond acceptors (Lipinski definition) is 4.